The molecular weight excluding hydrogens is 308 g/mol. The molecule has 126 valence electrons. The number of carbonyl (C=O) groups is 1. The summed E-state index contributed by atoms with van der Waals surface area (Å²) in [6.45, 7) is 2.96. The van der Waals surface area contributed by atoms with Crippen LogP contribution in [-0.4, -0.2) is 17.4 Å². The molecule has 2 aromatic rings. The molecule has 2 heterocycles. The van der Waals surface area contributed by atoms with E-state index < -0.39 is 0 Å². The van der Waals surface area contributed by atoms with Crippen LogP contribution >= 0.6 is 0 Å². The van der Waals surface area contributed by atoms with Crippen LogP contribution in [0.5, 0.6) is 0 Å². The summed E-state index contributed by atoms with van der Waals surface area (Å²) in [5, 5.41) is 3.04. The first-order chi connectivity index (χ1) is 12.3. The zero-order chi connectivity index (χ0) is 17.2. The van der Waals surface area contributed by atoms with Crippen LogP contribution in [0.25, 0.3) is 5.57 Å². The van der Waals surface area contributed by atoms with Gasteiger partial charge in [0.15, 0.2) is 0 Å². The van der Waals surface area contributed by atoms with Crippen molar-refractivity contribution in [3.8, 4) is 0 Å². The number of aromatic nitrogens is 1. The highest BCUT2D eigenvalue weighted by Gasteiger charge is 2.37. The Balaban J connectivity index is 1.89. The van der Waals surface area contributed by atoms with Gasteiger partial charge >= 0.3 is 0 Å². The van der Waals surface area contributed by atoms with Crippen LogP contribution in [0, 0.1) is 5.92 Å². The van der Waals surface area contributed by atoms with Gasteiger partial charge in [-0.2, -0.15) is 0 Å². The zero-order valence-electron chi connectivity index (χ0n) is 14.5. The molecule has 3 nitrogen and oxygen atoms in total. The monoisotopic (exact) mass is 330 g/mol. The minimum absolute atomic E-state index is 0.0923. The van der Waals surface area contributed by atoms with E-state index in [1.54, 1.807) is 0 Å². The Kier molecular flexibility index (Phi) is 4.22. The summed E-state index contributed by atoms with van der Waals surface area (Å²) in [5.74, 6) is 0.428. The van der Waals surface area contributed by atoms with Gasteiger partial charge in [-0.1, -0.05) is 37.3 Å². The van der Waals surface area contributed by atoms with Crippen molar-refractivity contribution >= 4 is 11.5 Å². The molecule has 0 spiro atoms. The van der Waals surface area contributed by atoms with Gasteiger partial charge in [0.05, 0.1) is 0 Å². The van der Waals surface area contributed by atoms with Crippen molar-refractivity contribution in [3.05, 3.63) is 82.7 Å². The number of nitrogens with one attached hydrogen (secondary N) is 1. The van der Waals surface area contributed by atoms with E-state index in [4.69, 9.17) is 0 Å². The second kappa shape index (κ2) is 6.67. The van der Waals surface area contributed by atoms with E-state index in [0.717, 1.165) is 31.4 Å². The predicted molar refractivity (Wildman–Crippen MR) is 99.7 cm³/mol. The molecule has 1 unspecified atom stereocenters. The largest absolute Gasteiger partial charge is 0.352 e. The first-order valence-electron chi connectivity index (χ1n) is 8.98. The van der Waals surface area contributed by atoms with Crippen LogP contribution in [0.15, 0.2) is 71.6 Å². The Hall–Kier alpha value is -2.68. The van der Waals surface area contributed by atoms with Crippen molar-refractivity contribution in [2.45, 2.75) is 26.2 Å². The van der Waals surface area contributed by atoms with Gasteiger partial charge in [-0.15, -0.1) is 0 Å². The first-order valence-corrected chi connectivity index (χ1v) is 8.98. The fourth-order valence-electron chi connectivity index (χ4n) is 4.21. The third-order valence-electron chi connectivity index (χ3n) is 5.25. The summed E-state index contributed by atoms with van der Waals surface area (Å²) in [6, 6.07) is 14.6. The van der Waals surface area contributed by atoms with Crippen molar-refractivity contribution < 1.29 is 4.79 Å². The Morgan fingerprint density at radius 1 is 1.12 bits per heavy atom. The summed E-state index contributed by atoms with van der Waals surface area (Å²) in [7, 11) is 0. The van der Waals surface area contributed by atoms with E-state index in [1.165, 1.54) is 27.8 Å². The standard InChI is InChI=1S/C22H22N2O/c1-2-17-18-10-13-24-22(25)21(18)19(14-15-6-4-3-5-7-15)20(17)16-8-11-23-12-9-16/h3-9,11-12,17H,2,10,13-14H2,1H3,(H,24,25). The highest BCUT2D eigenvalue weighted by atomic mass is 16.1. The average molecular weight is 330 g/mol. The molecule has 3 heteroatoms. The number of rotatable bonds is 4. The quantitative estimate of drug-likeness (QED) is 0.923. The molecule has 25 heavy (non-hydrogen) atoms. The Morgan fingerprint density at radius 3 is 2.60 bits per heavy atom. The normalized spacial score (nSPS) is 19.9. The van der Waals surface area contributed by atoms with Crippen molar-refractivity contribution in [3.63, 3.8) is 0 Å². The molecule has 2 aliphatic rings. The van der Waals surface area contributed by atoms with Gasteiger partial charge in [-0.25, -0.2) is 0 Å². The zero-order valence-corrected chi connectivity index (χ0v) is 14.5. The van der Waals surface area contributed by atoms with Crippen molar-refractivity contribution in [2.24, 2.45) is 5.92 Å². The maximum Gasteiger partial charge on any atom is 0.251 e. The lowest BCUT2D eigenvalue weighted by atomic mass is 9.86. The molecule has 0 saturated carbocycles. The van der Waals surface area contributed by atoms with Crippen LogP contribution in [0.3, 0.4) is 0 Å². The van der Waals surface area contributed by atoms with E-state index in [1.807, 2.05) is 18.5 Å². The Labute approximate surface area is 148 Å². The van der Waals surface area contributed by atoms with Crippen molar-refractivity contribution in [2.75, 3.05) is 6.54 Å². The van der Waals surface area contributed by atoms with E-state index in [2.05, 4.69) is 53.6 Å². The number of pyridine rings is 1. The lowest BCUT2D eigenvalue weighted by Gasteiger charge is -2.21. The van der Waals surface area contributed by atoms with E-state index in [-0.39, 0.29) is 5.91 Å². The molecule has 1 aliphatic carbocycles. The molecule has 0 fully saturated rings. The van der Waals surface area contributed by atoms with E-state index in [9.17, 15) is 4.79 Å². The maximum atomic E-state index is 12.7. The number of hydrogen-bond donors (Lipinski definition) is 1. The molecule has 1 amide bonds. The molecule has 4 rings (SSSR count). The number of benzene rings is 1. The topological polar surface area (TPSA) is 42.0 Å². The van der Waals surface area contributed by atoms with Gasteiger partial charge in [-0.05, 0) is 59.2 Å². The second-order valence-electron chi connectivity index (χ2n) is 6.66. The number of nitrogens with zero attached hydrogens (tertiary/aromatic N) is 1. The summed E-state index contributed by atoms with van der Waals surface area (Å²) < 4.78 is 0. The van der Waals surface area contributed by atoms with Crippen molar-refractivity contribution in [1.29, 1.82) is 0 Å². The molecule has 0 saturated heterocycles. The van der Waals surface area contributed by atoms with Crippen molar-refractivity contribution in [1.82, 2.24) is 10.3 Å². The van der Waals surface area contributed by atoms with E-state index >= 15 is 0 Å². The third kappa shape index (κ3) is 2.80. The van der Waals surface area contributed by atoms with Gasteiger partial charge < -0.3 is 5.32 Å². The molecule has 0 bridgehead atoms. The molecule has 1 aromatic heterocycles. The highest BCUT2D eigenvalue weighted by molar-refractivity contribution is 6.05. The minimum Gasteiger partial charge on any atom is -0.352 e. The second-order valence-corrected chi connectivity index (χ2v) is 6.66. The van der Waals surface area contributed by atoms with Gasteiger partial charge in [0.25, 0.3) is 5.91 Å². The van der Waals surface area contributed by atoms with Gasteiger partial charge in [0, 0.05) is 30.4 Å². The SMILES string of the molecule is CCC1C2=C(C(=O)NCC2)C(Cc2ccccc2)=C1c1ccncc1. The number of allylic oxidation sites excluding steroid dienone is 1. The molecule has 1 aliphatic heterocycles. The first kappa shape index (κ1) is 15.8. The summed E-state index contributed by atoms with van der Waals surface area (Å²) >= 11 is 0. The van der Waals surface area contributed by atoms with Crippen LogP contribution < -0.4 is 5.32 Å². The molecule has 1 N–H and O–H groups in total. The molecule has 1 atom stereocenters. The van der Waals surface area contributed by atoms with Gasteiger partial charge in [-0.3, -0.25) is 9.78 Å². The molecule has 0 radical (unpaired) electrons. The fraction of sp³-hybridized carbons (Fsp3) is 0.273. The molecule has 1 aromatic carbocycles. The van der Waals surface area contributed by atoms with Crippen LogP contribution in [0.4, 0.5) is 0 Å². The van der Waals surface area contributed by atoms with Crippen LogP contribution in [0.2, 0.25) is 0 Å². The maximum absolute atomic E-state index is 12.7. The third-order valence-corrected chi connectivity index (χ3v) is 5.25. The lowest BCUT2D eigenvalue weighted by Crippen LogP contribution is -2.32. The van der Waals surface area contributed by atoms with Gasteiger partial charge in [0.1, 0.15) is 0 Å². The van der Waals surface area contributed by atoms with E-state index in [0.29, 0.717) is 5.92 Å². The van der Waals surface area contributed by atoms with Crippen LogP contribution in [0.1, 0.15) is 30.9 Å². The fourth-order valence-corrected chi connectivity index (χ4v) is 4.21. The predicted octanol–water partition coefficient (Wildman–Crippen LogP) is 3.93. The average Bonchev–Trinajstić information content (AvgIpc) is 2.98. The van der Waals surface area contributed by atoms with Crippen LogP contribution in [-0.2, 0) is 11.2 Å². The molecular formula is C22H22N2O. The summed E-state index contributed by atoms with van der Waals surface area (Å²) in [5.41, 5.74) is 7.20. The van der Waals surface area contributed by atoms with Gasteiger partial charge in [0.2, 0.25) is 0 Å². The lowest BCUT2D eigenvalue weighted by molar-refractivity contribution is -0.117. The Morgan fingerprint density at radius 2 is 1.88 bits per heavy atom. The highest BCUT2D eigenvalue weighted by Crippen LogP contribution is 2.47. The minimum atomic E-state index is 0.0923. The Bertz CT molecular complexity index is 850. The number of hydrogen-bond acceptors (Lipinski definition) is 2. The number of amides is 1. The summed E-state index contributed by atoms with van der Waals surface area (Å²) in [6.07, 6.45) is 6.44. The number of carbonyl (C=O) groups excluding carboxylic acids is 1. The smallest absolute Gasteiger partial charge is 0.251 e. The summed E-state index contributed by atoms with van der Waals surface area (Å²) in [4.78, 5) is 16.9.